The zero-order valence-corrected chi connectivity index (χ0v) is 16.3. The van der Waals surface area contributed by atoms with Crippen molar-refractivity contribution in [2.45, 2.75) is 26.7 Å². The maximum Gasteiger partial charge on any atom is 0.253 e. The fraction of sp³-hybridized carbons (Fsp3) is 0.500. The summed E-state index contributed by atoms with van der Waals surface area (Å²) in [4.78, 5) is 16.8. The molecule has 0 saturated carbocycles. The highest BCUT2D eigenvalue weighted by Gasteiger charge is 2.18. The smallest absolute Gasteiger partial charge is 0.253 e. The summed E-state index contributed by atoms with van der Waals surface area (Å²) in [6, 6.07) is 1.95. The van der Waals surface area contributed by atoms with Gasteiger partial charge in [0, 0.05) is 29.5 Å². The van der Waals surface area contributed by atoms with Crippen molar-refractivity contribution in [1.82, 2.24) is 20.2 Å². The molecular formula is C16H24Cl2N4OS. The van der Waals surface area contributed by atoms with Gasteiger partial charge in [0.1, 0.15) is 0 Å². The predicted molar refractivity (Wildman–Crippen MR) is 103 cm³/mol. The van der Waals surface area contributed by atoms with E-state index in [9.17, 15) is 4.79 Å². The largest absolute Gasteiger partial charge is 0.352 e. The Hall–Kier alpha value is -1.08. The zero-order valence-electron chi connectivity index (χ0n) is 13.9. The number of rotatable bonds is 5. The minimum absolute atomic E-state index is 0. The lowest BCUT2D eigenvalue weighted by Gasteiger charge is -2.09. The van der Waals surface area contributed by atoms with Gasteiger partial charge in [-0.15, -0.1) is 36.2 Å². The molecule has 134 valence electrons. The van der Waals surface area contributed by atoms with Gasteiger partial charge in [-0.25, -0.2) is 4.98 Å². The van der Waals surface area contributed by atoms with E-state index in [-0.39, 0.29) is 30.7 Å². The molecule has 2 aromatic rings. The van der Waals surface area contributed by atoms with Crippen molar-refractivity contribution in [3.8, 4) is 5.13 Å². The molecular weight excluding hydrogens is 367 g/mol. The van der Waals surface area contributed by atoms with Crippen molar-refractivity contribution in [2.75, 3.05) is 19.6 Å². The molecule has 2 aromatic heterocycles. The lowest BCUT2D eigenvalue weighted by atomic mass is 10.1. The van der Waals surface area contributed by atoms with Gasteiger partial charge in [-0.05, 0) is 51.8 Å². The SMILES string of the molecule is Cc1cc(C(=O)NCCC2CCNC2)c(C)n1-c1nccs1.Cl.Cl. The average molecular weight is 391 g/mol. The molecule has 3 rings (SSSR count). The van der Waals surface area contributed by atoms with Crippen molar-refractivity contribution >= 4 is 42.1 Å². The number of thiazole rings is 1. The van der Waals surface area contributed by atoms with Crippen LogP contribution in [-0.2, 0) is 0 Å². The minimum atomic E-state index is 0. The van der Waals surface area contributed by atoms with Crippen LogP contribution in [0.4, 0.5) is 0 Å². The normalized spacial score (nSPS) is 16.3. The second-order valence-electron chi connectivity index (χ2n) is 5.84. The molecule has 0 aromatic carbocycles. The molecule has 0 spiro atoms. The van der Waals surface area contributed by atoms with Gasteiger partial charge in [-0.3, -0.25) is 9.36 Å². The quantitative estimate of drug-likeness (QED) is 0.824. The van der Waals surface area contributed by atoms with E-state index in [1.54, 1.807) is 17.5 Å². The van der Waals surface area contributed by atoms with Gasteiger partial charge >= 0.3 is 0 Å². The zero-order chi connectivity index (χ0) is 15.5. The van der Waals surface area contributed by atoms with Crippen molar-refractivity contribution < 1.29 is 4.79 Å². The van der Waals surface area contributed by atoms with Crippen molar-refractivity contribution in [3.05, 3.63) is 34.6 Å². The first kappa shape index (κ1) is 21.0. The molecule has 2 N–H and O–H groups in total. The predicted octanol–water partition coefficient (Wildman–Crippen LogP) is 3.12. The van der Waals surface area contributed by atoms with E-state index < -0.39 is 0 Å². The Morgan fingerprint density at radius 1 is 1.46 bits per heavy atom. The number of hydrogen-bond donors (Lipinski definition) is 2. The Morgan fingerprint density at radius 2 is 2.25 bits per heavy atom. The van der Waals surface area contributed by atoms with Gasteiger partial charge in [-0.2, -0.15) is 0 Å². The van der Waals surface area contributed by atoms with E-state index in [2.05, 4.69) is 15.6 Å². The number of hydrogen-bond acceptors (Lipinski definition) is 4. The topological polar surface area (TPSA) is 59.0 Å². The van der Waals surface area contributed by atoms with E-state index >= 15 is 0 Å². The monoisotopic (exact) mass is 390 g/mol. The maximum absolute atomic E-state index is 12.4. The molecule has 1 fully saturated rings. The van der Waals surface area contributed by atoms with Crippen LogP contribution in [0.25, 0.3) is 5.13 Å². The number of carbonyl (C=O) groups is 1. The van der Waals surface area contributed by atoms with Crippen molar-refractivity contribution in [3.63, 3.8) is 0 Å². The van der Waals surface area contributed by atoms with Gasteiger partial charge in [-0.1, -0.05) is 0 Å². The first-order chi connectivity index (χ1) is 10.7. The van der Waals surface area contributed by atoms with E-state index in [1.807, 2.05) is 29.9 Å². The van der Waals surface area contributed by atoms with Gasteiger partial charge in [0.2, 0.25) is 0 Å². The summed E-state index contributed by atoms with van der Waals surface area (Å²) in [5.74, 6) is 0.713. The molecule has 1 saturated heterocycles. The third-order valence-electron chi connectivity index (χ3n) is 4.29. The first-order valence-corrected chi connectivity index (χ1v) is 8.62. The summed E-state index contributed by atoms with van der Waals surface area (Å²) in [5.41, 5.74) is 2.74. The summed E-state index contributed by atoms with van der Waals surface area (Å²) in [5, 5.41) is 9.27. The number of carbonyl (C=O) groups excluding carboxylic acids is 1. The van der Waals surface area contributed by atoms with Gasteiger partial charge in [0.05, 0.1) is 5.56 Å². The fourth-order valence-electron chi connectivity index (χ4n) is 3.06. The van der Waals surface area contributed by atoms with Crippen LogP contribution in [0.3, 0.4) is 0 Å². The van der Waals surface area contributed by atoms with Crippen molar-refractivity contribution in [1.29, 1.82) is 0 Å². The molecule has 1 aliphatic heterocycles. The summed E-state index contributed by atoms with van der Waals surface area (Å²) in [6.45, 7) is 6.91. The number of aromatic nitrogens is 2. The van der Waals surface area contributed by atoms with Gasteiger partial charge in [0.15, 0.2) is 5.13 Å². The Bertz CT molecular complexity index is 651. The second kappa shape index (κ2) is 9.42. The molecule has 24 heavy (non-hydrogen) atoms. The second-order valence-corrected chi connectivity index (χ2v) is 6.71. The van der Waals surface area contributed by atoms with E-state index in [1.165, 1.54) is 6.42 Å². The van der Waals surface area contributed by atoms with E-state index in [0.29, 0.717) is 5.92 Å². The summed E-state index contributed by atoms with van der Waals surface area (Å²) >= 11 is 1.58. The highest BCUT2D eigenvalue weighted by Crippen LogP contribution is 2.22. The standard InChI is InChI=1S/C16H22N4OS.2ClH/c1-11-9-14(12(2)20(11)16-19-7-8-22-16)15(21)18-6-4-13-3-5-17-10-13;;/h7-9,13,17H,3-6,10H2,1-2H3,(H,18,21);2*1H. The highest BCUT2D eigenvalue weighted by molar-refractivity contribution is 7.12. The molecule has 1 amide bonds. The Balaban J connectivity index is 0.00000144. The molecule has 3 heterocycles. The fourth-order valence-corrected chi connectivity index (χ4v) is 3.81. The van der Waals surface area contributed by atoms with Crippen LogP contribution >= 0.6 is 36.2 Å². The minimum Gasteiger partial charge on any atom is -0.352 e. The Morgan fingerprint density at radius 3 is 2.88 bits per heavy atom. The Kier molecular flexibility index (Phi) is 8.22. The average Bonchev–Trinajstić information content (AvgIpc) is 3.21. The lowest BCUT2D eigenvalue weighted by molar-refractivity contribution is 0.0951. The third kappa shape index (κ3) is 4.51. The van der Waals surface area contributed by atoms with Crippen LogP contribution in [-0.4, -0.2) is 35.1 Å². The summed E-state index contributed by atoms with van der Waals surface area (Å²) in [6.07, 6.45) is 4.05. The lowest BCUT2D eigenvalue weighted by Crippen LogP contribution is -2.26. The van der Waals surface area contributed by atoms with Crippen LogP contribution in [0.15, 0.2) is 17.6 Å². The van der Waals surface area contributed by atoms with Crippen molar-refractivity contribution in [2.24, 2.45) is 5.92 Å². The molecule has 8 heteroatoms. The van der Waals surface area contributed by atoms with E-state index in [4.69, 9.17) is 0 Å². The van der Waals surface area contributed by atoms with Gasteiger partial charge < -0.3 is 10.6 Å². The number of nitrogens with zero attached hydrogens (tertiary/aromatic N) is 2. The Labute approximate surface area is 159 Å². The summed E-state index contributed by atoms with van der Waals surface area (Å²) in [7, 11) is 0. The number of nitrogens with one attached hydrogen (secondary N) is 2. The van der Waals surface area contributed by atoms with Crippen LogP contribution in [0.5, 0.6) is 0 Å². The molecule has 5 nitrogen and oxygen atoms in total. The molecule has 1 atom stereocenters. The number of halogens is 2. The highest BCUT2D eigenvalue weighted by atomic mass is 35.5. The first-order valence-electron chi connectivity index (χ1n) is 7.74. The van der Waals surface area contributed by atoms with Crippen LogP contribution < -0.4 is 10.6 Å². The summed E-state index contributed by atoms with van der Waals surface area (Å²) < 4.78 is 2.04. The molecule has 1 aliphatic rings. The van der Waals surface area contributed by atoms with Crippen LogP contribution in [0.1, 0.15) is 34.6 Å². The third-order valence-corrected chi connectivity index (χ3v) is 5.04. The molecule has 1 unspecified atom stereocenters. The van der Waals surface area contributed by atoms with Crippen LogP contribution in [0, 0.1) is 19.8 Å². The van der Waals surface area contributed by atoms with E-state index in [0.717, 1.165) is 48.1 Å². The number of aryl methyl sites for hydroxylation is 1. The molecule has 0 aliphatic carbocycles. The maximum atomic E-state index is 12.4. The van der Waals surface area contributed by atoms with Gasteiger partial charge in [0.25, 0.3) is 5.91 Å². The molecule has 0 bridgehead atoms. The molecule has 0 radical (unpaired) electrons. The van der Waals surface area contributed by atoms with Crippen LogP contribution in [0.2, 0.25) is 0 Å². The number of amides is 1.